The zero-order valence-corrected chi connectivity index (χ0v) is 16.1. The van der Waals surface area contributed by atoms with Crippen LogP contribution in [0.2, 0.25) is 0 Å². The predicted octanol–water partition coefficient (Wildman–Crippen LogP) is 4.24. The van der Waals surface area contributed by atoms with E-state index in [1.54, 1.807) is 26.0 Å². The molecule has 0 aromatic heterocycles. The topological polar surface area (TPSA) is 50.8 Å². The van der Waals surface area contributed by atoms with Crippen LogP contribution in [0.4, 0.5) is 11.4 Å². The molecular weight excluding hydrogens is 348 g/mol. The number of anilines is 2. The van der Waals surface area contributed by atoms with Gasteiger partial charge in [0.25, 0.3) is 0 Å². The number of carbonyl (C=O) groups excluding carboxylic acids is 1. The summed E-state index contributed by atoms with van der Waals surface area (Å²) in [4.78, 5) is 13.6. The van der Waals surface area contributed by atoms with Crippen LogP contribution in [0.3, 0.4) is 0 Å². The van der Waals surface area contributed by atoms with E-state index in [-0.39, 0.29) is 5.97 Å². The zero-order chi connectivity index (χ0) is 18.9. The number of carbonyl (C=O) groups is 1. The van der Waals surface area contributed by atoms with Crippen LogP contribution in [0.15, 0.2) is 54.6 Å². The first-order chi connectivity index (χ1) is 12.5. The van der Waals surface area contributed by atoms with Crippen molar-refractivity contribution in [2.24, 2.45) is 0 Å². The van der Waals surface area contributed by atoms with E-state index in [9.17, 15) is 4.79 Å². The number of benzene rings is 2. The Bertz CT molecular complexity index is 720. The SMILES string of the molecule is CCOC(=O)C(C)Oc1ccc(NC(=S)N(CC)c2ccccc2)cc1. The van der Waals surface area contributed by atoms with Crippen LogP contribution in [0.5, 0.6) is 5.75 Å². The number of hydrogen-bond donors (Lipinski definition) is 1. The highest BCUT2D eigenvalue weighted by Crippen LogP contribution is 2.19. The third-order valence-corrected chi connectivity index (χ3v) is 3.99. The fourth-order valence-electron chi connectivity index (χ4n) is 2.37. The van der Waals surface area contributed by atoms with Gasteiger partial charge in [-0.2, -0.15) is 0 Å². The number of para-hydroxylation sites is 1. The monoisotopic (exact) mass is 372 g/mol. The predicted molar refractivity (Wildman–Crippen MR) is 109 cm³/mol. The number of ether oxygens (including phenoxy) is 2. The number of rotatable bonds is 7. The van der Waals surface area contributed by atoms with Gasteiger partial charge in [-0.25, -0.2) is 4.79 Å². The van der Waals surface area contributed by atoms with Crippen molar-refractivity contribution >= 4 is 34.7 Å². The first kappa shape index (κ1) is 19.7. The Balaban J connectivity index is 1.98. The van der Waals surface area contributed by atoms with Crippen molar-refractivity contribution in [2.45, 2.75) is 26.9 Å². The highest BCUT2D eigenvalue weighted by Gasteiger charge is 2.15. The highest BCUT2D eigenvalue weighted by atomic mass is 32.1. The van der Waals surface area contributed by atoms with Gasteiger partial charge in [-0.1, -0.05) is 18.2 Å². The minimum absolute atomic E-state index is 0.335. The van der Waals surface area contributed by atoms with Crippen LogP contribution in [0.25, 0.3) is 0 Å². The first-order valence-electron chi connectivity index (χ1n) is 8.62. The van der Waals surface area contributed by atoms with Gasteiger partial charge in [0, 0.05) is 17.9 Å². The number of thiocarbonyl (C=S) groups is 1. The Morgan fingerprint density at radius 1 is 1.12 bits per heavy atom. The molecule has 138 valence electrons. The summed E-state index contributed by atoms with van der Waals surface area (Å²) in [5, 5.41) is 3.84. The summed E-state index contributed by atoms with van der Waals surface area (Å²) >= 11 is 5.53. The fourth-order valence-corrected chi connectivity index (χ4v) is 2.72. The van der Waals surface area contributed by atoms with Gasteiger partial charge in [0.15, 0.2) is 11.2 Å². The van der Waals surface area contributed by atoms with E-state index in [4.69, 9.17) is 21.7 Å². The van der Waals surface area contributed by atoms with Gasteiger partial charge in [0.2, 0.25) is 0 Å². The lowest BCUT2D eigenvalue weighted by atomic mass is 10.3. The molecule has 0 aliphatic carbocycles. The molecule has 26 heavy (non-hydrogen) atoms. The molecular formula is C20H24N2O3S. The summed E-state index contributed by atoms with van der Waals surface area (Å²) in [5.41, 5.74) is 1.89. The Kier molecular flexibility index (Phi) is 7.41. The zero-order valence-electron chi connectivity index (χ0n) is 15.3. The van der Waals surface area contributed by atoms with Crippen LogP contribution >= 0.6 is 12.2 Å². The fraction of sp³-hybridized carbons (Fsp3) is 0.300. The lowest BCUT2D eigenvalue weighted by molar-refractivity contribution is -0.150. The minimum Gasteiger partial charge on any atom is -0.479 e. The molecule has 1 unspecified atom stereocenters. The van der Waals surface area contributed by atoms with E-state index in [2.05, 4.69) is 12.2 Å². The van der Waals surface area contributed by atoms with Crippen molar-refractivity contribution in [3.8, 4) is 5.75 Å². The van der Waals surface area contributed by atoms with Crippen molar-refractivity contribution in [1.82, 2.24) is 0 Å². The lowest BCUT2D eigenvalue weighted by Gasteiger charge is -2.24. The van der Waals surface area contributed by atoms with E-state index < -0.39 is 6.10 Å². The molecule has 0 radical (unpaired) electrons. The molecule has 6 heteroatoms. The molecule has 2 aromatic carbocycles. The van der Waals surface area contributed by atoms with Gasteiger partial charge >= 0.3 is 5.97 Å². The molecule has 5 nitrogen and oxygen atoms in total. The second kappa shape index (κ2) is 9.77. The molecule has 0 saturated carbocycles. The number of nitrogens with one attached hydrogen (secondary N) is 1. The maximum absolute atomic E-state index is 11.6. The molecule has 0 spiro atoms. The Morgan fingerprint density at radius 2 is 1.77 bits per heavy atom. The van der Waals surface area contributed by atoms with Gasteiger partial charge in [0.1, 0.15) is 5.75 Å². The minimum atomic E-state index is -0.650. The van der Waals surface area contributed by atoms with E-state index >= 15 is 0 Å². The summed E-state index contributed by atoms with van der Waals surface area (Å²) in [7, 11) is 0. The van der Waals surface area contributed by atoms with Crippen molar-refractivity contribution in [3.63, 3.8) is 0 Å². The van der Waals surface area contributed by atoms with Gasteiger partial charge < -0.3 is 19.7 Å². The molecule has 0 bridgehead atoms. The molecule has 0 aliphatic rings. The van der Waals surface area contributed by atoms with Crippen LogP contribution in [0.1, 0.15) is 20.8 Å². The molecule has 1 N–H and O–H groups in total. The van der Waals surface area contributed by atoms with Gasteiger partial charge in [0.05, 0.1) is 6.61 Å². The lowest BCUT2D eigenvalue weighted by Crippen LogP contribution is -2.34. The van der Waals surface area contributed by atoms with Crippen LogP contribution in [0, 0.1) is 0 Å². The van der Waals surface area contributed by atoms with Gasteiger partial charge in [-0.05, 0) is 69.4 Å². The summed E-state index contributed by atoms with van der Waals surface area (Å²) < 4.78 is 10.5. The summed E-state index contributed by atoms with van der Waals surface area (Å²) in [6.07, 6.45) is -0.650. The van der Waals surface area contributed by atoms with Crippen molar-refractivity contribution in [3.05, 3.63) is 54.6 Å². The maximum Gasteiger partial charge on any atom is 0.347 e. The Hall–Kier alpha value is -2.60. The third kappa shape index (κ3) is 5.46. The molecule has 0 fully saturated rings. The van der Waals surface area contributed by atoms with Crippen LogP contribution in [-0.4, -0.2) is 30.3 Å². The second-order valence-corrected chi connectivity index (χ2v) is 5.93. The first-order valence-corrected chi connectivity index (χ1v) is 9.02. The third-order valence-electron chi connectivity index (χ3n) is 3.67. The smallest absolute Gasteiger partial charge is 0.347 e. The van der Waals surface area contributed by atoms with Gasteiger partial charge in [-0.15, -0.1) is 0 Å². The Labute approximate surface area is 159 Å². The highest BCUT2D eigenvalue weighted by molar-refractivity contribution is 7.80. The standard InChI is InChI=1S/C20H24N2O3S/c1-4-22(17-9-7-6-8-10-17)20(26)21-16-11-13-18(14-12-16)25-15(3)19(23)24-5-2/h6-15H,4-5H2,1-3H3,(H,21,26). The van der Waals surface area contributed by atoms with Crippen LogP contribution in [-0.2, 0) is 9.53 Å². The van der Waals surface area contributed by atoms with Crippen molar-refractivity contribution in [2.75, 3.05) is 23.4 Å². The molecule has 0 aliphatic heterocycles. The van der Waals surface area contributed by atoms with Gasteiger partial charge in [-0.3, -0.25) is 0 Å². The number of nitrogens with zero attached hydrogens (tertiary/aromatic N) is 1. The maximum atomic E-state index is 11.6. The molecule has 0 amide bonds. The largest absolute Gasteiger partial charge is 0.479 e. The second-order valence-electron chi connectivity index (χ2n) is 5.55. The average molecular weight is 372 g/mol. The van der Waals surface area contributed by atoms with E-state index in [0.717, 1.165) is 17.9 Å². The Morgan fingerprint density at radius 3 is 2.35 bits per heavy atom. The number of esters is 1. The number of hydrogen-bond acceptors (Lipinski definition) is 4. The molecule has 2 rings (SSSR count). The molecule has 1 atom stereocenters. The summed E-state index contributed by atoms with van der Waals surface area (Å²) in [6, 6.07) is 17.3. The van der Waals surface area contributed by atoms with Crippen molar-refractivity contribution < 1.29 is 14.3 Å². The van der Waals surface area contributed by atoms with E-state index in [1.807, 2.05) is 47.4 Å². The normalized spacial score (nSPS) is 11.3. The van der Waals surface area contributed by atoms with Crippen LogP contribution < -0.4 is 15.0 Å². The summed E-state index contributed by atoms with van der Waals surface area (Å²) in [6.45, 7) is 6.58. The quantitative estimate of drug-likeness (QED) is 0.579. The molecule has 0 saturated heterocycles. The molecule has 0 heterocycles. The average Bonchev–Trinajstić information content (AvgIpc) is 2.65. The van der Waals surface area contributed by atoms with E-state index in [0.29, 0.717) is 17.5 Å². The molecule has 2 aromatic rings. The summed E-state index contributed by atoms with van der Waals surface area (Å²) in [5.74, 6) is 0.217. The van der Waals surface area contributed by atoms with E-state index in [1.165, 1.54) is 0 Å². The van der Waals surface area contributed by atoms with Crippen molar-refractivity contribution in [1.29, 1.82) is 0 Å².